The second-order valence-corrected chi connectivity index (χ2v) is 5.49. The number of carbonyl (C=O) groups is 1. The molecule has 2 aromatic carbocycles. The molecule has 0 saturated carbocycles. The lowest BCUT2D eigenvalue weighted by molar-refractivity contribution is 0.0993. The van der Waals surface area contributed by atoms with Crippen LogP contribution in [0.1, 0.15) is 21.5 Å². The van der Waals surface area contributed by atoms with Gasteiger partial charge in [0.05, 0.1) is 0 Å². The Hall–Kier alpha value is -1.02. The average molecular weight is 314 g/mol. The monoisotopic (exact) mass is 312 g/mol. The van der Waals surface area contributed by atoms with Crippen LogP contribution in [-0.2, 0) is 6.42 Å². The SMILES string of the molecule is Cc1cc(C(=O)Cc2c(Cl)cccc2Cl)ccc1Cl. The minimum atomic E-state index is -0.0326. The van der Waals surface area contributed by atoms with Crippen LogP contribution in [0.5, 0.6) is 0 Å². The molecule has 2 rings (SSSR count). The normalized spacial score (nSPS) is 10.5. The minimum absolute atomic E-state index is 0.0326. The molecule has 0 unspecified atom stereocenters. The lowest BCUT2D eigenvalue weighted by atomic mass is 10.0. The number of carbonyl (C=O) groups excluding carboxylic acids is 1. The largest absolute Gasteiger partial charge is 0.294 e. The number of benzene rings is 2. The number of rotatable bonds is 3. The Morgan fingerprint density at radius 1 is 1.00 bits per heavy atom. The number of hydrogen-bond donors (Lipinski definition) is 0. The molecule has 0 aliphatic rings. The van der Waals surface area contributed by atoms with E-state index in [-0.39, 0.29) is 12.2 Å². The highest BCUT2D eigenvalue weighted by Gasteiger charge is 2.13. The molecule has 2 aromatic rings. The van der Waals surface area contributed by atoms with Crippen LogP contribution in [0.3, 0.4) is 0 Å². The van der Waals surface area contributed by atoms with Crippen molar-refractivity contribution in [3.63, 3.8) is 0 Å². The molecule has 0 N–H and O–H groups in total. The van der Waals surface area contributed by atoms with Crippen LogP contribution >= 0.6 is 34.8 Å². The molecule has 19 heavy (non-hydrogen) atoms. The standard InChI is InChI=1S/C15H11Cl3O/c1-9-7-10(5-6-12(9)16)15(19)8-11-13(17)3-2-4-14(11)18/h2-7H,8H2,1H3. The number of Topliss-reactive ketones (excluding diaryl/α,β-unsaturated/α-hetero) is 1. The molecule has 98 valence electrons. The van der Waals surface area contributed by atoms with Crippen LogP contribution in [0, 0.1) is 6.92 Å². The Balaban J connectivity index is 2.28. The second kappa shape index (κ2) is 5.96. The van der Waals surface area contributed by atoms with E-state index in [1.54, 1.807) is 36.4 Å². The summed E-state index contributed by atoms with van der Waals surface area (Å²) in [5, 5.41) is 1.66. The number of hydrogen-bond acceptors (Lipinski definition) is 1. The third kappa shape index (κ3) is 3.30. The zero-order chi connectivity index (χ0) is 14.0. The Morgan fingerprint density at radius 3 is 2.21 bits per heavy atom. The topological polar surface area (TPSA) is 17.1 Å². The Labute approximate surface area is 127 Å². The fraction of sp³-hybridized carbons (Fsp3) is 0.133. The van der Waals surface area contributed by atoms with E-state index < -0.39 is 0 Å². The molecule has 0 atom stereocenters. The molecule has 0 heterocycles. The third-order valence-corrected chi connectivity index (χ3v) is 4.01. The summed E-state index contributed by atoms with van der Waals surface area (Å²) < 4.78 is 0. The van der Waals surface area contributed by atoms with Crippen LogP contribution in [0.4, 0.5) is 0 Å². The number of halogens is 3. The van der Waals surface area contributed by atoms with Gasteiger partial charge < -0.3 is 0 Å². The molecule has 0 radical (unpaired) electrons. The average Bonchev–Trinajstić information content (AvgIpc) is 2.37. The summed E-state index contributed by atoms with van der Waals surface area (Å²) in [7, 11) is 0. The van der Waals surface area contributed by atoms with Crippen LogP contribution in [0.15, 0.2) is 36.4 Å². The van der Waals surface area contributed by atoms with E-state index in [2.05, 4.69) is 0 Å². The quantitative estimate of drug-likeness (QED) is 0.695. The second-order valence-electron chi connectivity index (χ2n) is 4.26. The van der Waals surface area contributed by atoms with Gasteiger partial charge in [0.2, 0.25) is 0 Å². The molecule has 0 bridgehead atoms. The smallest absolute Gasteiger partial charge is 0.167 e. The molecule has 1 nitrogen and oxygen atoms in total. The summed E-state index contributed by atoms with van der Waals surface area (Å²) >= 11 is 18.1. The lowest BCUT2D eigenvalue weighted by Gasteiger charge is -2.07. The summed E-state index contributed by atoms with van der Waals surface area (Å²) in [5.74, 6) is -0.0326. The van der Waals surface area contributed by atoms with E-state index >= 15 is 0 Å². The predicted octanol–water partition coefficient (Wildman–Crippen LogP) is 5.38. The van der Waals surface area contributed by atoms with Crippen molar-refractivity contribution in [1.82, 2.24) is 0 Å². The zero-order valence-corrected chi connectivity index (χ0v) is 12.5. The number of aryl methyl sites for hydroxylation is 1. The van der Waals surface area contributed by atoms with Crippen molar-refractivity contribution < 1.29 is 4.79 Å². The van der Waals surface area contributed by atoms with Crippen molar-refractivity contribution in [1.29, 1.82) is 0 Å². The molecule has 0 fully saturated rings. The lowest BCUT2D eigenvalue weighted by Crippen LogP contribution is -2.05. The van der Waals surface area contributed by atoms with Crippen LogP contribution in [-0.4, -0.2) is 5.78 Å². The Morgan fingerprint density at radius 2 is 1.63 bits per heavy atom. The molecule has 0 aliphatic carbocycles. The van der Waals surface area contributed by atoms with Crippen molar-refractivity contribution in [3.05, 3.63) is 68.2 Å². The van der Waals surface area contributed by atoms with Crippen LogP contribution in [0.25, 0.3) is 0 Å². The van der Waals surface area contributed by atoms with Gasteiger partial charge >= 0.3 is 0 Å². The fourth-order valence-corrected chi connectivity index (χ4v) is 2.43. The fourth-order valence-electron chi connectivity index (χ4n) is 1.78. The highest BCUT2D eigenvalue weighted by molar-refractivity contribution is 6.36. The first kappa shape index (κ1) is 14.4. The van der Waals surface area contributed by atoms with Crippen molar-refractivity contribution in [2.24, 2.45) is 0 Å². The molecular formula is C15H11Cl3O. The van der Waals surface area contributed by atoms with Gasteiger partial charge in [0.15, 0.2) is 5.78 Å². The number of ketones is 1. The van der Waals surface area contributed by atoms with Crippen LogP contribution < -0.4 is 0 Å². The first-order valence-corrected chi connectivity index (χ1v) is 6.84. The summed E-state index contributed by atoms with van der Waals surface area (Å²) in [5.41, 5.74) is 2.14. The Bertz CT molecular complexity index is 615. The molecule has 0 amide bonds. The van der Waals surface area contributed by atoms with Gasteiger partial charge in [-0.05, 0) is 48.4 Å². The summed E-state index contributed by atoms with van der Waals surface area (Å²) in [6.45, 7) is 1.86. The van der Waals surface area contributed by atoms with Gasteiger partial charge in [0.1, 0.15) is 0 Å². The van der Waals surface area contributed by atoms with Gasteiger partial charge in [-0.25, -0.2) is 0 Å². The summed E-state index contributed by atoms with van der Waals surface area (Å²) in [6.07, 6.45) is 0.180. The molecule has 0 saturated heterocycles. The van der Waals surface area contributed by atoms with Gasteiger partial charge in [0, 0.05) is 27.1 Å². The van der Waals surface area contributed by atoms with Gasteiger partial charge in [0.25, 0.3) is 0 Å². The zero-order valence-electron chi connectivity index (χ0n) is 10.2. The van der Waals surface area contributed by atoms with E-state index in [0.717, 1.165) is 5.56 Å². The van der Waals surface area contributed by atoms with Gasteiger partial charge in [-0.15, -0.1) is 0 Å². The molecule has 0 aliphatic heterocycles. The van der Waals surface area contributed by atoms with E-state index in [0.29, 0.717) is 26.2 Å². The molecule has 4 heteroatoms. The van der Waals surface area contributed by atoms with Crippen molar-refractivity contribution in [2.75, 3.05) is 0 Å². The van der Waals surface area contributed by atoms with E-state index in [1.165, 1.54) is 0 Å². The maximum absolute atomic E-state index is 12.2. The van der Waals surface area contributed by atoms with Crippen LogP contribution in [0.2, 0.25) is 15.1 Å². The predicted molar refractivity (Wildman–Crippen MR) is 80.7 cm³/mol. The van der Waals surface area contributed by atoms with E-state index in [9.17, 15) is 4.79 Å². The van der Waals surface area contributed by atoms with Gasteiger partial charge in [-0.2, -0.15) is 0 Å². The first-order valence-electron chi connectivity index (χ1n) is 5.71. The maximum Gasteiger partial charge on any atom is 0.167 e. The summed E-state index contributed by atoms with van der Waals surface area (Å²) in [6, 6.07) is 10.4. The Kier molecular flexibility index (Phi) is 4.51. The molecular weight excluding hydrogens is 303 g/mol. The maximum atomic E-state index is 12.2. The summed E-state index contributed by atoms with van der Waals surface area (Å²) in [4.78, 5) is 12.2. The van der Waals surface area contributed by atoms with Crippen molar-refractivity contribution in [3.8, 4) is 0 Å². The minimum Gasteiger partial charge on any atom is -0.294 e. The third-order valence-electron chi connectivity index (χ3n) is 2.88. The van der Waals surface area contributed by atoms with Gasteiger partial charge in [-0.1, -0.05) is 40.9 Å². The molecule has 0 spiro atoms. The van der Waals surface area contributed by atoms with E-state index in [4.69, 9.17) is 34.8 Å². The van der Waals surface area contributed by atoms with Gasteiger partial charge in [-0.3, -0.25) is 4.79 Å². The van der Waals surface area contributed by atoms with E-state index in [1.807, 2.05) is 6.92 Å². The van der Waals surface area contributed by atoms with Crippen molar-refractivity contribution >= 4 is 40.6 Å². The first-order chi connectivity index (χ1) is 8.99. The highest BCUT2D eigenvalue weighted by Crippen LogP contribution is 2.26. The van der Waals surface area contributed by atoms with Crippen molar-refractivity contribution in [2.45, 2.75) is 13.3 Å². The highest BCUT2D eigenvalue weighted by atomic mass is 35.5. The molecule has 0 aromatic heterocycles.